The van der Waals surface area contributed by atoms with E-state index >= 15 is 0 Å². The summed E-state index contributed by atoms with van der Waals surface area (Å²) in [5.74, 6) is -0.868. The van der Waals surface area contributed by atoms with E-state index in [4.69, 9.17) is 5.11 Å². The maximum absolute atomic E-state index is 11.6. The summed E-state index contributed by atoms with van der Waals surface area (Å²) in [6, 6.07) is 7.32. The molecule has 1 atom stereocenters. The summed E-state index contributed by atoms with van der Waals surface area (Å²) in [4.78, 5) is 22.3. The van der Waals surface area contributed by atoms with Crippen LogP contribution in [0, 0.1) is 11.8 Å². The van der Waals surface area contributed by atoms with E-state index in [0.29, 0.717) is 18.8 Å². The fourth-order valence-electron chi connectivity index (χ4n) is 1.75. The number of nitrogens with one attached hydrogen (secondary N) is 1. The molecule has 2 N–H and O–H groups in total. The minimum Gasteiger partial charge on any atom is -0.481 e. The smallest absolute Gasteiger partial charge is 0.306 e. The van der Waals surface area contributed by atoms with Crippen LogP contribution in [0.1, 0.15) is 32.8 Å². The second kappa shape index (κ2) is 6.92. The Morgan fingerprint density at radius 2 is 1.74 bits per heavy atom. The highest BCUT2D eigenvalue weighted by Gasteiger charge is 2.11. The third kappa shape index (κ3) is 5.55. The van der Waals surface area contributed by atoms with E-state index in [2.05, 4.69) is 5.32 Å². The molecule has 19 heavy (non-hydrogen) atoms. The predicted octanol–water partition coefficient (Wildman–Crippen LogP) is 2.93. The van der Waals surface area contributed by atoms with Crippen molar-refractivity contribution >= 4 is 17.6 Å². The van der Waals surface area contributed by atoms with Crippen LogP contribution in [0.5, 0.6) is 0 Å². The molecule has 1 unspecified atom stereocenters. The number of carboxylic acid groups (broad SMARTS) is 1. The molecule has 1 amide bonds. The van der Waals surface area contributed by atoms with Gasteiger partial charge >= 0.3 is 5.97 Å². The predicted molar refractivity (Wildman–Crippen MR) is 75.0 cm³/mol. The highest BCUT2D eigenvalue weighted by atomic mass is 16.4. The van der Waals surface area contributed by atoms with Crippen LogP contribution in [0.3, 0.4) is 0 Å². The summed E-state index contributed by atoms with van der Waals surface area (Å²) in [5, 5.41) is 11.7. The largest absolute Gasteiger partial charge is 0.481 e. The Kier molecular flexibility index (Phi) is 5.55. The van der Waals surface area contributed by atoms with Crippen molar-refractivity contribution in [2.75, 3.05) is 5.32 Å². The molecule has 0 fully saturated rings. The van der Waals surface area contributed by atoms with Crippen LogP contribution in [0.25, 0.3) is 0 Å². The molecule has 4 nitrogen and oxygen atoms in total. The average molecular weight is 263 g/mol. The van der Waals surface area contributed by atoms with Gasteiger partial charge in [-0.05, 0) is 30.0 Å². The molecule has 0 aliphatic rings. The number of rotatable bonds is 6. The van der Waals surface area contributed by atoms with Crippen molar-refractivity contribution in [3.05, 3.63) is 29.8 Å². The molecule has 0 spiro atoms. The lowest BCUT2D eigenvalue weighted by Crippen LogP contribution is -2.14. The molecule has 0 aromatic heterocycles. The molecule has 0 radical (unpaired) electrons. The van der Waals surface area contributed by atoms with Gasteiger partial charge < -0.3 is 10.4 Å². The molecule has 0 bridgehead atoms. The number of carbonyl (C=O) groups is 2. The molecule has 0 saturated carbocycles. The van der Waals surface area contributed by atoms with E-state index < -0.39 is 11.9 Å². The summed E-state index contributed by atoms with van der Waals surface area (Å²) < 4.78 is 0. The van der Waals surface area contributed by atoms with Crippen molar-refractivity contribution in [3.63, 3.8) is 0 Å². The van der Waals surface area contributed by atoms with E-state index in [1.165, 1.54) is 0 Å². The Balaban J connectivity index is 2.56. The third-order valence-electron chi connectivity index (χ3n) is 2.79. The van der Waals surface area contributed by atoms with Gasteiger partial charge in [0.1, 0.15) is 0 Å². The van der Waals surface area contributed by atoms with Crippen molar-refractivity contribution in [1.29, 1.82) is 0 Å². The monoisotopic (exact) mass is 263 g/mol. The van der Waals surface area contributed by atoms with Gasteiger partial charge in [-0.25, -0.2) is 0 Å². The number of amides is 1. The van der Waals surface area contributed by atoms with Gasteiger partial charge in [-0.1, -0.05) is 32.9 Å². The minimum atomic E-state index is -0.797. The summed E-state index contributed by atoms with van der Waals surface area (Å²) >= 11 is 0. The number of carbonyl (C=O) groups excluding carboxylic acids is 1. The molecule has 1 aromatic rings. The molecule has 1 aromatic carbocycles. The van der Waals surface area contributed by atoms with Crippen LogP contribution in [-0.4, -0.2) is 17.0 Å². The Hall–Kier alpha value is -1.84. The van der Waals surface area contributed by atoms with Crippen molar-refractivity contribution in [2.45, 2.75) is 33.6 Å². The first-order valence-electron chi connectivity index (χ1n) is 6.50. The fraction of sp³-hybridized carbons (Fsp3) is 0.467. The van der Waals surface area contributed by atoms with Gasteiger partial charge in [0.2, 0.25) is 5.91 Å². The molecular weight excluding hydrogens is 242 g/mol. The maximum atomic E-state index is 11.6. The normalized spacial score (nSPS) is 12.2. The molecule has 0 aliphatic carbocycles. The van der Waals surface area contributed by atoms with Gasteiger partial charge in [0.15, 0.2) is 0 Å². The second-order valence-electron chi connectivity index (χ2n) is 5.29. The number of anilines is 1. The van der Waals surface area contributed by atoms with Gasteiger partial charge in [-0.2, -0.15) is 0 Å². The van der Waals surface area contributed by atoms with Crippen LogP contribution >= 0.6 is 0 Å². The van der Waals surface area contributed by atoms with Gasteiger partial charge in [-0.3, -0.25) is 9.59 Å². The Bertz CT molecular complexity index is 437. The molecule has 0 heterocycles. The van der Waals surface area contributed by atoms with Gasteiger partial charge in [0.05, 0.1) is 5.92 Å². The van der Waals surface area contributed by atoms with E-state index in [0.717, 1.165) is 11.3 Å². The van der Waals surface area contributed by atoms with Crippen molar-refractivity contribution < 1.29 is 14.7 Å². The molecule has 4 heteroatoms. The topological polar surface area (TPSA) is 66.4 Å². The number of benzene rings is 1. The Labute approximate surface area is 113 Å². The molecule has 0 aliphatic heterocycles. The van der Waals surface area contributed by atoms with Crippen molar-refractivity contribution in [1.82, 2.24) is 0 Å². The summed E-state index contributed by atoms with van der Waals surface area (Å²) in [5.41, 5.74) is 1.70. The number of hydrogen-bond donors (Lipinski definition) is 2. The average Bonchev–Trinajstić information content (AvgIpc) is 2.30. The lowest BCUT2D eigenvalue weighted by molar-refractivity contribution is -0.141. The number of carboxylic acids is 1. The highest BCUT2D eigenvalue weighted by molar-refractivity contribution is 5.90. The standard InChI is InChI=1S/C15H21NO3/c1-10(2)8-14(17)16-13-6-4-12(5-7-13)9-11(3)15(18)19/h4-7,10-11H,8-9H2,1-3H3,(H,16,17)(H,18,19). The van der Waals surface area contributed by atoms with Crippen molar-refractivity contribution in [2.24, 2.45) is 11.8 Å². The van der Waals surface area contributed by atoms with Crippen molar-refractivity contribution in [3.8, 4) is 0 Å². The van der Waals surface area contributed by atoms with Gasteiger partial charge in [0.25, 0.3) is 0 Å². The molecule has 0 saturated heterocycles. The van der Waals surface area contributed by atoms with Gasteiger partial charge in [0, 0.05) is 12.1 Å². The summed E-state index contributed by atoms with van der Waals surface area (Å²) in [6.45, 7) is 5.67. The Morgan fingerprint density at radius 1 is 1.16 bits per heavy atom. The second-order valence-corrected chi connectivity index (χ2v) is 5.29. The van der Waals surface area contributed by atoms with Gasteiger partial charge in [-0.15, -0.1) is 0 Å². The Morgan fingerprint density at radius 3 is 2.21 bits per heavy atom. The lowest BCUT2D eigenvalue weighted by Gasteiger charge is -2.09. The number of aliphatic carboxylic acids is 1. The molecule has 1 rings (SSSR count). The van der Waals surface area contributed by atoms with Crippen LogP contribution in [0.4, 0.5) is 5.69 Å². The zero-order valence-corrected chi connectivity index (χ0v) is 11.6. The quantitative estimate of drug-likeness (QED) is 0.829. The van der Waals surface area contributed by atoms with E-state index in [1.807, 2.05) is 38.1 Å². The minimum absolute atomic E-state index is 0.00153. The summed E-state index contributed by atoms with van der Waals surface area (Å²) in [6.07, 6.45) is 0.993. The van der Waals surface area contributed by atoms with Crippen LogP contribution in [0.2, 0.25) is 0 Å². The third-order valence-corrected chi connectivity index (χ3v) is 2.79. The maximum Gasteiger partial charge on any atom is 0.306 e. The highest BCUT2D eigenvalue weighted by Crippen LogP contribution is 2.14. The van der Waals surface area contributed by atoms with Crippen LogP contribution in [0.15, 0.2) is 24.3 Å². The zero-order chi connectivity index (χ0) is 14.4. The molecular formula is C15H21NO3. The van der Waals surface area contributed by atoms with E-state index in [-0.39, 0.29) is 5.91 Å². The SMILES string of the molecule is CC(C)CC(=O)Nc1ccc(CC(C)C(=O)O)cc1. The van der Waals surface area contributed by atoms with Crippen LogP contribution in [-0.2, 0) is 16.0 Å². The first-order chi connectivity index (χ1) is 8.88. The first-order valence-corrected chi connectivity index (χ1v) is 6.50. The number of hydrogen-bond acceptors (Lipinski definition) is 2. The van der Waals surface area contributed by atoms with E-state index in [9.17, 15) is 9.59 Å². The molecule has 104 valence electrons. The van der Waals surface area contributed by atoms with E-state index in [1.54, 1.807) is 6.92 Å². The lowest BCUT2D eigenvalue weighted by atomic mass is 10.0. The van der Waals surface area contributed by atoms with Crippen LogP contribution < -0.4 is 5.32 Å². The first kappa shape index (κ1) is 15.2. The summed E-state index contributed by atoms with van der Waals surface area (Å²) in [7, 11) is 0. The zero-order valence-electron chi connectivity index (χ0n) is 11.6. The fourth-order valence-corrected chi connectivity index (χ4v) is 1.75.